The molecule has 3 aromatic rings. The number of nitrogens with one attached hydrogen (secondary N) is 1. The van der Waals surface area contributed by atoms with Crippen LogP contribution in [0, 0.1) is 11.3 Å². The Bertz CT molecular complexity index is 1400. The molecule has 0 aromatic carbocycles. The number of ketones is 1. The molecule has 3 aliphatic rings. The molecule has 2 aliphatic heterocycles. The number of epoxide rings is 1. The SMILES string of the molecule is N#CC1(c2ccccn2)CCN(Cc2cc(C3OC3N[C@@H]3CCCCC3=O)c(=O)n3ccccc23)CC1. The Kier molecular flexibility index (Phi) is 6.37. The number of hydrogen-bond donors (Lipinski definition) is 1. The second-order valence-corrected chi connectivity index (χ2v) is 10.5. The van der Waals surface area contributed by atoms with Crippen molar-refractivity contribution in [2.45, 2.75) is 68.9 Å². The fourth-order valence-corrected chi connectivity index (χ4v) is 5.91. The lowest BCUT2D eigenvalue weighted by atomic mass is 9.76. The Morgan fingerprint density at radius 1 is 1.14 bits per heavy atom. The van der Waals surface area contributed by atoms with Crippen LogP contribution in [0.15, 0.2) is 59.7 Å². The first-order valence-corrected chi connectivity index (χ1v) is 13.2. The number of nitriles is 1. The molecular weight excluding hydrogens is 466 g/mol. The van der Waals surface area contributed by atoms with Crippen molar-refractivity contribution >= 4 is 11.3 Å². The summed E-state index contributed by atoms with van der Waals surface area (Å²) in [5.41, 5.74) is 2.76. The van der Waals surface area contributed by atoms with Gasteiger partial charge in [-0.25, -0.2) is 0 Å². The molecule has 0 amide bonds. The van der Waals surface area contributed by atoms with Gasteiger partial charge in [-0.1, -0.05) is 18.6 Å². The summed E-state index contributed by atoms with van der Waals surface area (Å²) in [5.74, 6) is 0.237. The van der Waals surface area contributed by atoms with Crippen LogP contribution in [0.4, 0.5) is 0 Å². The number of carbonyl (C=O) groups is 1. The second-order valence-electron chi connectivity index (χ2n) is 10.5. The Labute approximate surface area is 215 Å². The molecule has 5 heterocycles. The van der Waals surface area contributed by atoms with Crippen LogP contribution in [0.2, 0.25) is 0 Å². The van der Waals surface area contributed by atoms with Crippen molar-refractivity contribution in [3.05, 3.63) is 82.0 Å². The molecule has 1 aliphatic carbocycles. The quantitative estimate of drug-likeness (QED) is 0.522. The Balaban J connectivity index is 1.22. The normalized spacial score (nSPS) is 25.6. The summed E-state index contributed by atoms with van der Waals surface area (Å²) in [7, 11) is 0. The fraction of sp³-hybridized carbons (Fsp3) is 0.448. The lowest BCUT2D eigenvalue weighted by Crippen LogP contribution is -2.42. The molecule has 190 valence electrons. The van der Waals surface area contributed by atoms with E-state index >= 15 is 0 Å². The highest BCUT2D eigenvalue weighted by Gasteiger charge is 2.45. The zero-order valence-corrected chi connectivity index (χ0v) is 20.8. The lowest BCUT2D eigenvalue weighted by Gasteiger charge is -2.37. The van der Waals surface area contributed by atoms with Crippen LogP contribution in [-0.4, -0.2) is 45.4 Å². The molecule has 3 fully saturated rings. The number of nitrogens with zero attached hydrogens (tertiary/aromatic N) is 4. The molecule has 8 heteroatoms. The summed E-state index contributed by atoms with van der Waals surface area (Å²) in [5, 5.41) is 13.3. The molecule has 1 saturated carbocycles. The summed E-state index contributed by atoms with van der Waals surface area (Å²) >= 11 is 0. The highest BCUT2D eigenvalue weighted by molar-refractivity contribution is 5.84. The van der Waals surface area contributed by atoms with E-state index in [0.29, 0.717) is 31.4 Å². The first kappa shape index (κ1) is 24.0. The number of piperidine rings is 1. The topological polar surface area (TPSA) is 103 Å². The van der Waals surface area contributed by atoms with Gasteiger partial charge in [0, 0.05) is 38.4 Å². The Morgan fingerprint density at radius 3 is 2.73 bits per heavy atom. The summed E-state index contributed by atoms with van der Waals surface area (Å²) in [6.07, 6.45) is 7.75. The molecule has 8 nitrogen and oxygen atoms in total. The van der Waals surface area contributed by atoms with Crippen molar-refractivity contribution in [3.8, 4) is 6.07 Å². The van der Waals surface area contributed by atoms with Gasteiger partial charge in [-0.3, -0.25) is 29.2 Å². The monoisotopic (exact) mass is 497 g/mol. The van der Waals surface area contributed by atoms with E-state index in [-0.39, 0.29) is 29.7 Å². The van der Waals surface area contributed by atoms with Gasteiger partial charge in [0.1, 0.15) is 23.5 Å². The van der Waals surface area contributed by atoms with Crippen molar-refractivity contribution in [3.63, 3.8) is 0 Å². The highest BCUT2D eigenvalue weighted by atomic mass is 16.6. The van der Waals surface area contributed by atoms with Gasteiger partial charge >= 0.3 is 0 Å². The number of rotatable bonds is 6. The molecule has 2 unspecified atom stereocenters. The van der Waals surface area contributed by atoms with Crippen LogP contribution >= 0.6 is 0 Å². The molecule has 6 rings (SSSR count). The minimum atomic E-state index is -0.560. The zero-order valence-electron chi connectivity index (χ0n) is 20.8. The molecular formula is C29H31N5O3. The van der Waals surface area contributed by atoms with Crippen LogP contribution in [0.1, 0.15) is 61.4 Å². The molecule has 0 radical (unpaired) electrons. The lowest BCUT2D eigenvalue weighted by molar-refractivity contribution is -0.122. The Hall–Kier alpha value is -3.38. The van der Waals surface area contributed by atoms with E-state index in [0.717, 1.165) is 49.1 Å². The number of hydrogen-bond acceptors (Lipinski definition) is 7. The number of carbonyl (C=O) groups excluding carboxylic acids is 1. The van der Waals surface area contributed by atoms with Crippen LogP contribution in [0.25, 0.3) is 5.52 Å². The summed E-state index contributed by atoms with van der Waals surface area (Å²) in [6.45, 7) is 2.22. The van der Waals surface area contributed by atoms with Gasteiger partial charge in [-0.05, 0) is 61.6 Å². The van der Waals surface area contributed by atoms with Crippen molar-refractivity contribution in [2.24, 2.45) is 0 Å². The zero-order chi connectivity index (χ0) is 25.4. The van der Waals surface area contributed by atoms with Crippen molar-refractivity contribution in [2.75, 3.05) is 13.1 Å². The molecule has 37 heavy (non-hydrogen) atoms. The minimum absolute atomic E-state index is 0.0825. The highest BCUT2D eigenvalue weighted by Crippen LogP contribution is 2.38. The van der Waals surface area contributed by atoms with Gasteiger partial charge in [0.15, 0.2) is 0 Å². The predicted molar refractivity (Wildman–Crippen MR) is 138 cm³/mol. The maximum Gasteiger partial charge on any atom is 0.261 e. The predicted octanol–water partition coefficient (Wildman–Crippen LogP) is 3.25. The maximum absolute atomic E-state index is 13.4. The Morgan fingerprint density at radius 2 is 1.97 bits per heavy atom. The maximum atomic E-state index is 13.4. The largest absolute Gasteiger partial charge is 0.348 e. The van der Waals surface area contributed by atoms with Gasteiger partial charge in [-0.15, -0.1) is 0 Å². The van der Waals surface area contributed by atoms with Crippen LogP contribution in [0.5, 0.6) is 0 Å². The van der Waals surface area contributed by atoms with E-state index in [4.69, 9.17) is 4.74 Å². The van der Waals surface area contributed by atoms with Gasteiger partial charge in [0.25, 0.3) is 5.56 Å². The standard InChI is InChI=1S/C29H31N5O3/c30-19-29(25-10-3-5-13-31-25)11-15-33(16-12-29)18-20-17-21(28(36)34-14-6-4-8-23(20)34)26-27(37-26)32-22-7-1-2-9-24(22)35/h3-6,8,10,13-14,17,22,26-27,32H,1-2,7,9,11-12,15-16,18H2/t22-,26?,27?/m1/s1. The van der Waals surface area contributed by atoms with E-state index in [9.17, 15) is 14.9 Å². The van der Waals surface area contributed by atoms with Crippen LogP contribution in [0.3, 0.4) is 0 Å². The van der Waals surface area contributed by atoms with Crippen molar-refractivity contribution in [1.29, 1.82) is 5.26 Å². The van der Waals surface area contributed by atoms with Gasteiger partial charge in [0.05, 0.1) is 28.9 Å². The molecule has 0 bridgehead atoms. The number of fused-ring (bicyclic) bond motifs is 1. The van der Waals surface area contributed by atoms with E-state index in [1.165, 1.54) is 0 Å². The van der Waals surface area contributed by atoms with Crippen LogP contribution < -0.4 is 10.9 Å². The number of pyridine rings is 3. The molecule has 0 spiro atoms. The third-order valence-corrected chi connectivity index (χ3v) is 8.18. The van der Waals surface area contributed by atoms with Crippen LogP contribution in [-0.2, 0) is 21.5 Å². The number of aromatic nitrogens is 2. The summed E-state index contributed by atoms with van der Waals surface area (Å²) in [4.78, 5) is 32.5. The first-order chi connectivity index (χ1) is 18.1. The first-order valence-electron chi connectivity index (χ1n) is 13.2. The third kappa shape index (κ3) is 4.59. The van der Waals surface area contributed by atoms with E-state index < -0.39 is 5.41 Å². The van der Waals surface area contributed by atoms with Gasteiger partial charge in [0.2, 0.25) is 0 Å². The number of Topliss-reactive ketones (excluding diaryl/α,β-unsaturated/α-hetero) is 1. The molecule has 3 atom stereocenters. The fourth-order valence-electron chi connectivity index (χ4n) is 5.91. The molecule has 1 N–H and O–H groups in total. The third-order valence-electron chi connectivity index (χ3n) is 8.18. The van der Waals surface area contributed by atoms with Gasteiger partial charge < -0.3 is 4.74 Å². The number of likely N-dealkylation sites (tertiary alicyclic amines) is 1. The molecule has 2 saturated heterocycles. The second kappa shape index (κ2) is 9.82. The minimum Gasteiger partial charge on any atom is -0.348 e. The van der Waals surface area contributed by atoms with Crippen molar-refractivity contribution in [1.82, 2.24) is 19.6 Å². The molecule has 3 aromatic heterocycles. The average Bonchev–Trinajstić information content (AvgIpc) is 3.71. The van der Waals surface area contributed by atoms with E-state index in [1.807, 2.05) is 42.5 Å². The number of ether oxygens (including phenoxy) is 1. The van der Waals surface area contributed by atoms with E-state index in [2.05, 4.69) is 21.3 Å². The summed E-state index contributed by atoms with van der Waals surface area (Å²) in [6, 6.07) is 15.9. The van der Waals surface area contributed by atoms with E-state index in [1.54, 1.807) is 16.8 Å². The average molecular weight is 498 g/mol. The van der Waals surface area contributed by atoms with Gasteiger partial charge in [-0.2, -0.15) is 5.26 Å². The smallest absolute Gasteiger partial charge is 0.261 e. The summed E-state index contributed by atoms with van der Waals surface area (Å²) < 4.78 is 7.59. The van der Waals surface area contributed by atoms with Crippen molar-refractivity contribution < 1.29 is 9.53 Å².